The van der Waals surface area contributed by atoms with Gasteiger partial charge >= 0.3 is 0 Å². The summed E-state index contributed by atoms with van der Waals surface area (Å²) >= 11 is 0. The van der Waals surface area contributed by atoms with E-state index in [0.29, 0.717) is 0 Å². The highest BCUT2D eigenvalue weighted by molar-refractivity contribution is 5.71. The van der Waals surface area contributed by atoms with Crippen molar-refractivity contribution in [1.82, 2.24) is 0 Å². The monoisotopic (exact) mass is 368 g/mol. The van der Waals surface area contributed by atoms with Gasteiger partial charge in [-0.15, -0.1) is 0 Å². The lowest BCUT2D eigenvalue weighted by Crippen LogP contribution is -2.31. The van der Waals surface area contributed by atoms with Crippen molar-refractivity contribution in [1.29, 1.82) is 0 Å². The van der Waals surface area contributed by atoms with Crippen molar-refractivity contribution in [2.45, 2.75) is 44.9 Å². The van der Waals surface area contributed by atoms with E-state index in [1.54, 1.807) is 13.8 Å². The molecule has 2 atom stereocenters. The Hall–Kier alpha value is -2.70. The molecule has 27 heavy (non-hydrogen) atoms. The van der Waals surface area contributed by atoms with Crippen molar-refractivity contribution >= 4 is 12.4 Å². The fourth-order valence-electron chi connectivity index (χ4n) is 3.01. The van der Waals surface area contributed by atoms with Gasteiger partial charge in [-0.3, -0.25) is 0 Å². The van der Waals surface area contributed by atoms with Crippen LogP contribution in [0.3, 0.4) is 0 Å². The van der Waals surface area contributed by atoms with Crippen LogP contribution in [0.2, 0.25) is 0 Å². The van der Waals surface area contributed by atoms with Gasteiger partial charge in [-0.1, -0.05) is 60.7 Å². The van der Waals surface area contributed by atoms with E-state index in [4.69, 9.17) is 9.47 Å². The van der Waals surface area contributed by atoms with Crippen LogP contribution >= 0.6 is 0 Å². The lowest BCUT2D eigenvalue weighted by molar-refractivity contribution is -0.475. The Bertz CT molecular complexity index is 736. The molecule has 3 rings (SSSR count). The third-order valence-electron chi connectivity index (χ3n) is 4.15. The molecule has 0 spiro atoms. The Morgan fingerprint density at radius 2 is 1.15 bits per heavy atom. The third kappa shape index (κ3) is 5.64. The van der Waals surface area contributed by atoms with Crippen LogP contribution in [-0.4, -0.2) is 39.9 Å². The molecule has 6 nitrogen and oxygen atoms in total. The molecule has 0 aromatic heterocycles. The Morgan fingerprint density at radius 1 is 0.778 bits per heavy atom. The number of ether oxygens (including phenoxy) is 2. The highest BCUT2D eigenvalue weighted by Gasteiger charge is 2.43. The molecule has 1 aliphatic heterocycles. The molecule has 1 heterocycles. The first-order valence-electron chi connectivity index (χ1n) is 8.92. The number of hydrogen-bond acceptors (Lipinski definition) is 4. The maximum atomic E-state index is 12.3. The van der Waals surface area contributed by atoms with E-state index in [-0.39, 0.29) is 13.1 Å². The van der Waals surface area contributed by atoms with Gasteiger partial charge in [0.15, 0.2) is 43.5 Å². The molecule has 1 saturated heterocycles. The van der Waals surface area contributed by atoms with Gasteiger partial charge in [0.05, 0.1) is 0 Å². The summed E-state index contributed by atoms with van der Waals surface area (Å²) in [7, 11) is 0. The summed E-state index contributed by atoms with van der Waals surface area (Å²) in [6, 6.07) is 18.9. The summed E-state index contributed by atoms with van der Waals surface area (Å²) in [5.41, 5.74) is 1.80. The minimum Gasteiger partial charge on any atom is -0.624 e. The number of rotatable bonds is 6. The zero-order valence-corrected chi connectivity index (χ0v) is 15.5. The van der Waals surface area contributed by atoms with Crippen molar-refractivity contribution < 1.29 is 19.0 Å². The number of hydrogen-bond donors (Lipinski definition) is 0. The van der Waals surface area contributed by atoms with Crippen molar-refractivity contribution in [3.8, 4) is 0 Å². The van der Waals surface area contributed by atoms with Gasteiger partial charge in [0.1, 0.15) is 0 Å². The van der Waals surface area contributed by atoms with E-state index in [0.717, 1.165) is 20.6 Å². The predicted octanol–water partition coefficient (Wildman–Crippen LogP) is 3.07. The average molecular weight is 368 g/mol. The molecule has 0 aliphatic carbocycles. The second kappa shape index (κ2) is 8.33. The Morgan fingerprint density at radius 3 is 1.52 bits per heavy atom. The smallest absolute Gasteiger partial charge is 0.183 e. The Kier molecular flexibility index (Phi) is 5.88. The standard InChI is InChI=1S/C21H24N2O4/c1-21(2)26-19(15-22(24)13-17-9-5-3-6-10-17)20(27-21)16-23(25)14-18-11-7-4-8-12-18/h3-12,15-16,19-20H,13-14H2,1-2H3/b22-15-,23-16-/t19-,20-/m0/s1. The van der Waals surface area contributed by atoms with E-state index in [1.165, 1.54) is 12.4 Å². The number of nitrogens with zero attached hydrogens (tertiary/aromatic N) is 2. The molecular weight excluding hydrogens is 344 g/mol. The maximum Gasteiger partial charge on any atom is 0.183 e. The second-order valence-electron chi connectivity index (χ2n) is 6.98. The Balaban J connectivity index is 1.72. The molecule has 0 unspecified atom stereocenters. The first-order valence-corrected chi connectivity index (χ1v) is 8.92. The number of benzene rings is 2. The Labute approximate surface area is 159 Å². The first kappa shape index (κ1) is 19.1. The van der Waals surface area contributed by atoms with Crippen LogP contribution in [0.15, 0.2) is 60.7 Å². The fourth-order valence-corrected chi connectivity index (χ4v) is 3.01. The largest absolute Gasteiger partial charge is 0.624 e. The van der Waals surface area contributed by atoms with E-state index in [9.17, 15) is 10.4 Å². The predicted molar refractivity (Wildman–Crippen MR) is 103 cm³/mol. The molecule has 1 fully saturated rings. The summed E-state index contributed by atoms with van der Waals surface area (Å²) < 4.78 is 13.2. The first-order chi connectivity index (χ1) is 12.9. The summed E-state index contributed by atoms with van der Waals surface area (Å²) in [4.78, 5) is 0. The molecular formula is C21H24N2O4. The molecule has 2 aromatic carbocycles. The topological polar surface area (TPSA) is 70.6 Å². The quantitative estimate of drug-likeness (QED) is 0.340. The zero-order chi connectivity index (χ0) is 19.3. The van der Waals surface area contributed by atoms with Crippen molar-refractivity contribution in [3.63, 3.8) is 0 Å². The van der Waals surface area contributed by atoms with Crippen LogP contribution in [0.25, 0.3) is 0 Å². The molecule has 6 heteroatoms. The maximum absolute atomic E-state index is 12.3. The minimum atomic E-state index is -0.872. The van der Waals surface area contributed by atoms with Gasteiger partial charge in [-0.25, -0.2) is 9.48 Å². The molecule has 2 aromatic rings. The molecule has 1 aliphatic rings. The highest BCUT2D eigenvalue weighted by atomic mass is 16.8. The van der Waals surface area contributed by atoms with Gasteiger partial charge in [0, 0.05) is 11.1 Å². The van der Waals surface area contributed by atoms with Gasteiger partial charge < -0.3 is 19.9 Å². The molecule has 142 valence electrons. The van der Waals surface area contributed by atoms with Crippen LogP contribution < -0.4 is 0 Å². The lowest BCUT2D eigenvalue weighted by Gasteiger charge is -2.15. The van der Waals surface area contributed by atoms with Gasteiger partial charge in [-0.2, -0.15) is 0 Å². The van der Waals surface area contributed by atoms with Crippen LogP contribution in [0, 0.1) is 10.4 Å². The van der Waals surface area contributed by atoms with Gasteiger partial charge in [0.25, 0.3) is 0 Å². The SMILES string of the molecule is CC1(C)O[C@@H](/C=[N+](\[O-])Cc2ccccc2)[C@H](/C=[N+](\[O-])Cc2ccccc2)O1. The van der Waals surface area contributed by atoms with E-state index < -0.39 is 18.0 Å². The third-order valence-corrected chi connectivity index (χ3v) is 4.15. The summed E-state index contributed by atoms with van der Waals surface area (Å²) in [6.45, 7) is 3.94. The minimum absolute atomic E-state index is 0.207. The van der Waals surface area contributed by atoms with Crippen LogP contribution in [0.4, 0.5) is 0 Å². The molecule has 0 amide bonds. The van der Waals surface area contributed by atoms with Crippen molar-refractivity contribution in [3.05, 3.63) is 82.2 Å². The van der Waals surface area contributed by atoms with Crippen LogP contribution in [-0.2, 0) is 22.6 Å². The zero-order valence-electron chi connectivity index (χ0n) is 15.5. The highest BCUT2D eigenvalue weighted by Crippen LogP contribution is 2.26. The van der Waals surface area contributed by atoms with E-state index in [1.807, 2.05) is 60.7 Å². The second-order valence-corrected chi connectivity index (χ2v) is 6.98. The van der Waals surface area contributed by atoms with Crippen molar-refractivity contribution in [2.75, 3.05) is 0 Å². The van der Waals surface area contributed by atoms with Crippen molar-refractivity contribution in [2.24, 2.45) is 0 Å². The van der Waals surface area contributed by atoms with Crippen LogP contribution in [0.5, 0.6) is 0 Å². The lowest BCUT2D eigenvalue weighted by atomic mass is 10.2. The van der Waals surface area contributed by atoms with Gasteiger partial charge in [0.2, 0.25) is 0 Å². The summed E-state index contributed by atoms with van der Waals surface area (Å²) in [6.07, 6.45) is 1.60. The normalized spacial score (nSPS) is 22.7. The molecule has 0 saturated carbocycles. The number of hydroxylamine groups is 2. The summed E-state index contributed by atoms with van der Waals surface area (Å²) in [5.74, 6) is -0.872. The summed E-state index contributed by atoms with van der Waals surface area (Å²) in [5, 5.41) is 24.6. The molecule has 0 N–H and O–H groups in total. The molecule has 0 bridgehead atoms. The van der Waals surface area contributed by atoms with Crippen LogP contribution in [0.1, 0.15) is 25.0 Å². The van der Waals surface area contributed by atoms with E-state index in [2.05, 4.69) is 0 Å². The van der Waals surface area contributed by atoms with E-state index >= 15 is 0 Å². The molecule has 0 radical (unpaired) electrons. The average Bonchev–Trinajstić information content (AvgIpc) is 2.89. The fraction of sp³-hybridized carbons (Fsp3) is 0.333. The van der Waals surface area contributed by atoms with Gasteiger partial charge in [-0.05, 0) is 13.8 Å².